The molecule has 0 aliphatic heterocycles. The number of likely N-dealkylation sites (N-methyl/N-ethyl adjacent to an activating group) is 1. The maximum Gasteiger partial charge on any atom is 0.358 e. The Morgan fingerprint density at radius 2 is 1.71 bits per heavy atom. The van der Waals surface area contributed by atoms with Gasteiger partial charge in [-0.25, -0.2) is 9.78 Å². The van der Waals surface area contributed by atoms with Crippen molar-refractivity contribution in [2.75, 3.05) is 14.1 Å². The number of ether oxygens (including phenoxy) is 1. The third kappa shape index (κ3) is 3.66. The van der Waals surface area contributed by atoms with Crippen LogP contribution in [-0.2, 0) is 9.53 Å². The van der Waals surface area contributed by atoms with Gasteiger partial charge in [0.15, 0.2) is 0 Å². The second kappa shape index (κ2) is 6.65. The van der Waals surface area contributed by atoms with E-state index >= 15 is 0 Å². The van der Waals surface area contributed by atoms with E-state index in [0.29, 0.717) is 5.56 Å². The molecule has 0 saturated carbocycles. The van der Waals surface area contributed by atoms with Crippen LogP contribution in [0.25, 0.3) is 0 Å². The number of esters is 1. The largest absolute Gasteiger partial charge is 0.443 e. The standard InChI is InChI=1S/C16H16N2O3/c1-18(2)15(19)14(12-8-4-3-5-9-12)21-16(20)13-10-6-7-11-17-13/h3-11,14H,1-2H3/t14-/m1/s1. The van der Waals surface area contributed by atoms with Crippen LogP contribution < -0.4 is 0 Å². The van der Waals surface area contributed by atoms with Crippen LogP contribution in [0, 0.1) is 0 Å². The van der Waals surface area contributed by atoms with E-state index in [1.54, 1.807) is 56.6 Å². The lowest BCUT2D eigenvalue weighted by Crippen LogP contribution is -2.31. The highest BCUT2D eigenvalue weighted by molar-refractivity contribution is 5.91. The molecule has 108 valence electrons. The summed E-state index contributed by atoms with van der Waals surface area (Å²) in [6.07, 6.45) is 0.526. The molecule has 0 aliphatic rings. The molecule has 0 radical (unpaired) electrons. The van der Waals surface area contributed by atoms with Crippen molar-refractivity contribution in [3.8, 4) is 0 Å². The van der Waals surface area contributed by atoms with Gasteiger partial charge in [0, 0.05) is 25.9 Å². The van der Waals surface area contributed by atoms with Gasteiger partial charge in [0.2, 0.25) is 6.10 Å². The van der Waals surface area contributed by atoms with Gasteiger partial charge in [0.1, 0.15) is 5.69 Å². The highest BCUT2D eigenvalue weighted by Crippen LogP contribution is 2.20. The molecule has 5 heteroatoms. The second-order valence-electron chi connectivity index (χ2n) is 4.64. The van der Waals surface area contributed by atoms with Crippen molar-refractivity contribution in [3.05, 3.63) is 66.0 Å². The van der Waals surface area contributed by atoms with E-state index in [1.807, 2.05) is 6.07 Å². The number of nitrogens with zero attached hydrogens (tertiary/aromatic N) is 2. The van der Waals surface area contributed by atoms with Crippen LogP contribution in [0.5, 0.6) is 0 Å². The molecular weight excluding hydrogens is 268 g/mol. The molecular formula is C16H16N2O3. The molecule has 0 fully saturated rings. The molecule has 0 unspecified atom stereocenters. The average Bonchev–Trinajstić information content (AvgIpc) is 2.53. The predicted molar refractivity (Wildman–Crippen MR) is 77.5 cm³/mol. The minimum Gasteiger partial charge on any atom is -0.443 e. The molecule has 0 spiro atoms. The maximum atomic E-state index is 12.2. The zero-order valence-electron chi connectivity index (χ0n) is 11.9. The average molecular weight is 284 g/mol. The van der Waals surface area contributed by atoms with Crippen LogP contribution in [0.2, 0.25) is 0 Å². The number of carbonyl (C=O) groups excluding carboxylic acids is 2. The third-order valence-corrected chi connectivity index (χ3v) is 2.87. The first-order valence-electron chi connectivity index (χ1n) is 6.47. The predicted octanol–water partition coefficient (Wildman–Crippen LogP) is 2.07. The molecule has 1 heterocycles. The Bertz CT molecular complexity index is 612. The quantitative estimate of drug-likeness (QED) is 0.806. The molecule has 1 atom stereocenters. The van der Waals surface area contributed by atoms with Crippen LogP contribution >= 0.6 is 0 Å². The first-order valence-corrected chi connectivity index (χ1v) is 6.47. The fraction of sp³-hybridized carbons (Fsp3) is 0.188. The van der Waals surface area contributed by atoms with Gasteiger partial charge >= 0.3 is 5.97 Å². The summed E-state index contributed by atoms with van der Waals surface area (Å²) in [5, 5.41) is 0. The monoisotopic (exact) mass is 284 g/mol. The third-order valence-electron chi connectivity index (χ3n) is 2.87. The number of benzene rings is 1. The number of hydrogen-bond acceptors (Lipinski definition) is 4. The van der Waals surface area contributed by atoms with E-state index in [9.17, 15) is 9.59 Å². The zero-order valence-corrected chi connectivity index (χ0v) is 11.9. The number of amides is 1. The van der Waals surface area contributed by atoms with Crippen molar-refractivity contribution >= 4 is 11.9 Å². The van der Waals surface area contributed by atoms with E-state index in [-0.39, 0.29) is 11.6 Å². The van der Waals surface area contributed by atoms with Crippen molar-refractivity contribution in [1.82, 2.24) is 9.88 Å². The fourth-order valence-corrected chi connectivity index (χ4v) is 1.77. The summed E-state index contributed by atoms with van der Waals surface area (Å²) >= 11 is 0. The molecule has 1 aromatic carbocycles. The van der Waals surface area contributed by atoms with E-state index in [2.05, 4.69) is 4.98 Å². The molecule has 1 amide bonds. The van der Waals surface area contributed by atoms with Crippen LogP contribution in [0.1, 0.15) is 22.2 Å². The van der Waals surface area contributed by atoms with Gasteiger partial charge in [-0.2, -0.15) is 0 Å². The van der Waals surface area contributed by atoms with Crippen molar-refractivity contribution in [2.45, 2.75) is 6.10 Å². The number of aromatic nitrogens is 1. The van der Waals surface area contributed by atoms with Gasteiger partial charge in [-0.05, 0) is 12.1 Å². The van der Waals surface area contributed by atoms with Crippen molar-refractivity contribution in [3.63, 3.8) is 0 Å². The smallest absolute Gasteiger partial charge is 0.358 e. The van der Waals surface area contributed by atoms with Crippen LogP contribution in [-0.4, -0.2) is 35.9 Å². The maximum absolute atomic E-state index is 12.2. The minimum atomic E-state index is -0.976. The normalized spacial score (nSPS) is 11.5. The van der Waals surface area contributed by atoms with E-state index in [0.717, 1.165) is 0 Å². The number of carbonyl (C=O) groups is 2. The lowest BCUT2D eigenvalue weighted by atomic mass is 10.1. The summed E-state index contributed by atoms with van der Waals surface area (Å²) in [7, 11) is 3.24. The van der Waals surface area contributed by atoms with Crippen LogP contribution in [0.3, 0.4) is 0 Å². The number of rotatable bonds is 4. The highest BCUT2D eigenvalue weighted by Gasteiger charge is 2.27. The van der Waals surface area contributed by atoms with Crippen molar-refractivity contribution < 1.29 is 14.3 Å². The summed E-state index contributed by atoms with van der Waals surface area (Å²) in [4.78, 5) is 29.7. The Kier molecular flexibility index (Phi) is 4.66. The van der Waals surface area contributed by atoms with Gasteiger partial charge in [-0.3, -0.25) is 4.79 Å². The van der Waals surface area contributed by atoms with Crippen LogP contribution in [0.4, 0.5) is 0 Å². The van der Waals surface area contributed by atoms with Crippen LogP contribution in [0.15, 0.2) is 54.7 Å². The van der Waals surface area contributed by atoms with Crippen molar-refractivity contribution in [1.29, 1.82) is 0 Å². The molecule has 2 rings (SSSR count). The Balaban J connectivity index is 2.25. The lowest BCUT2D eigenvalue weighted by molar-refractivity contribution is -0.138. The highest BCUT2D eigenvalue weighted by atomic mass is 16.5. The molecule has 2 aromatic rings. The van der Waals surface area contributed by atoms with E-state index in [4.69, 9.17) is 4.74 Å². The summed E-state index contributed by atoms with van der Waals surface area (Å²) in [6, 6.07) is 13.9. The van der Waals surface area contributed by atoms with Gasteiger partial charge in [0.25, 0.3) is 5.91 Å². The topological polar surface area (TPSA) is 59.5 Å². The van der Waals surface area contributed by atoms with E-state index < -0.39 is 12.1 Å². The van der Waals surface area contributed by atoms with Gasteiger partial charge < -0.3 is 9.64 Å². The van der Waals surface area contributed by atoms with Gasteiger partial charge in [-0.15, -0.1) is 0 Å². The van der Waals surface area contributed by atoms with Gasteiger partial charge in [-0.1, -0.05) is 36.4 Å². The molecule has 0 aliphatic carbocycles. The first kappa shape index (κ1) is 14.7. The number of pyridine rings is 1. The summed E-state index contributed by atoms with van der Waals surface area (Å²) in [6.45, 7) is 0. The zero-order chi connectivity index (χ0) is 15.2. The lowest BCUT2D eigenvalue weighted by Gasteiger charge is -2.21. The summed E-state index contributed by atoms with van der Waals surface area (Å²) < 4.78 is 5.35. The Labute approximate surface area is 123 Å². The Hall–Kier alpha value is -2.69. The molecule has 21 heavy (non-hydrogen) atoms. The van der Waals surface area contributed by atoms with Gasteiger partial charge in [0.05, 0.1) is 0 Å². The van der Waals surface area contributed by atoms with Crippen molar-refractivity contribution in [2.24, 2.45) is 0 Å². The molecule has 0 saturated heterocycles. The number of hydrogen-bond donors (Lipinski definition) is 0. The molecule has 5 nitrogen and oxygen atoms in total. The fourth-order valence-electron chi connectivity index (χ4n) is 1.77. The Morgan fingerprint density at radius 1 is 1.05 bits per heavy atom. The molecule has 0 bridgehead atoms. The summed E-state index contributed by atoms with van der Waals surface area (Å²) in [5.74, 6) is -0.926. The summed E-state index contributed by atoms with van der Waals surface area (Å²) in [5.41, 5.74) is 0.797. The van der Waals surface area contributed by atoms with E-state index in [1.165, 1.54) is 11.1 Å². The molecule has 1 aromatic heterocycles. The minimum absolute atomic E-state index is 0.171. The second-order valence-corrected chi connectivity index (χ2v) is 4.64. The first-order chi connectivity index (χ1) is 10.1. The SMILES string of the molecule is CN(C)C(=O)[C@H](OC(=O)c1ccccn1)c1ccccc1. The Morgan fingerprint density at radius 3 is 2.29 bits per heavy atom. The molecule has 0 N–H and O–H groups in total.